The van der Waals surface area contributed by atoms with E-state index in [9.17, 15) is 0 Å². The van der Waals surface area contributed by atoms with Crippen LogP contribution in [0.15, 0.2) is 123 Å². The Labute approximate surface area is 193 Å². The van der Waals surface area contributed by atoms with Crippen LogP contribution in [0.25, 0.3) is 0 Å². The molecular weight excluding hydrogens is 384 g/mol. The van der Waals surface area contributed by atoms with Crippen molar-refractivity contribution >= 4 is 0 Å². The smallest absolute Gasteiger partial charge is 0.00201 e. The van der Waals surface area contributed by atoms with Crippen LogP contribution in [0.1, 0.15) is 44.5 Å². The summed E-state index contributed by atoms with van der Waals surface area (Å²) in [5.74, 6) is 0. The Bertz CT molecular complexity index is 884. The summed E-state index contributed by atoms with van der Waals surface area (Å²) >= 11 is 0. The summed E-state index contributed by atoms with van der Waals surface area (Å²) in [6.07, 6.45) is 4.41. The van der Waals surface area contributed by atoms with Gasteiger partial charge in [0.05, 0.1) is 0 Å². The Morgan fingerprint density at radius 2 is 0.406 bits per heavy atom. The van der Waals surface area contributed by atoms with Crippen LogP contribution < -0.4 is 0 Å². The van der Waals surface area contributed by atoms with Gasteiger partial charge in [0.15, 0.2) is 0 Å². The molecule has 0 unspecified atom stereocenters. The van der Waals surface area contributed by atoms with Gasteiger partial charge in [0.2, 0.25) is 0 Å². The van der Waals surface area contributed by atoms with Crippen LogP contribution in [0.3, 0.4) is 0 Å². The maximum Gasteiger partial charge on any atom is -0.00201 e. The molecule has 6 rings (SSSR count). The van der Waals surface area contributed by atoms with Gasteiger partial charge < -0.3 is 0 Å². The molecule has 0 nitrogen and oxygen atoms in total. The maximum atomic E-state index is 3.00. The Morgan fingerprint density at radius 3 is 0.531 bits per heavy atom. The molecular formula is C32H32. The van der Waals surface area contributed by atoms with E-state index in [0.29, 0.717) is 0 Å². The zero-order chi connectivity index (χ0) is 22.8. The molecule has 4 aromatic rings. The van der Waals surface area contributed by atoms with Gasteiger partial charge in [0, 0.05) is 0 Å². The first kappa shape index (κ1) is 23.0. The fourth-order valence-corrected chi connectivity index (χ4v) is 4.43. The zero-order valence-electron chi connectivity index (χ0n) is 18.9. The van der Waals surface area contributed by atoms with Gasteiger partial charge >= 0.3 is 0 Å². The molecule has 0 saturated heterocycles. The summed E-state index contributed by atoms with van der Waals surface area (Å²) in [5.41, 5.74) is 11.9. The Kier molecular flexibility index (Phi) is 8.40. The normalized spacial score (nSPS) is 11.8. The molecule has 32 heavy (non-hydrogen) atoms. The molecule has 0 spiro atoms. The summed E-state index contributed by atoms with van der Waals surface area (Å²) in [5, 5.41) is 0. The highest BCUT2D eigenvalue weighted by atomic mass is 14.2. The molecule has 0 bridgehead atoms. The van der Waals surface area contributed by atoms with Crippen molar-refractivity contribution in [1.82, 2.24) is 0 Å². The first-order valence-corrected chi connectivity index (χ1v) is 11.1. The second-order valence-corrected chi connectivity index (χ2v) is 7.78. The molecule has 4 aromatic carbocycles. The molecule has 2 aliphatic carbocycles. The highest BCUT2D eigenvalue weighted by Gasteiger charge is 2.14. The van der Waals surface area contributed by atoms with Crippen LogP contribution in [-0.4, -0.2) is 0 Å². The van der Waals surface area contributed by atoms with Gasteiger partial charge in [-0.15, -0.1) is 26.3 Å². The van der Waals surface area contributed by atoms with Crippen molar-refractivity contribution in [2.75, 3.05) is 0 Å². The third-order valence-electron chi connectivity index (χ3n) is 6.00. The number of fused-ring (bicyclic) bond motifs is 4. The lowest BCUT2D eigenvalue weighted by Gasteiger charge is -2.18. The second kappa shape index (κ2) is 11.7. The highest BCUT2D eigenvalue weighted by molar-refractivity contribution is 5.45. The lowest BCUT2D eigenvalue weighted by molar-refractivity contribution is 1.00. The number of hydrogen-bond donors (Lipinski definition) is 0. The van der Waals surface area contributed by atoms with Crippen molar-refractivity contribution in [2.45, 2.75) is 25.7 Å². The van der Waals surface area contributed by atoms with E-state index in [2.05, 4.69) is 123 Å². The second-order valence-electron chi connectivity index (χ2n) is 7.78. The molecule has 0 aromatic heterocycles. The van der Waals surface area contributed by atoms with Crippen molar-refractivity contribution in [3.05, 3.63) is 168 Å². The summed E-state index contributed by atoms with van der Waals surface area (Å²) < 4.78 is 0. The molecule has 0 saturated carbocycles. The van der Waals surface area contributed by atoms with Gasteiger partial charge in [0.25, 0.3) is 0 Å². The highest BCUT2D eigenvalue weighted by Crippen LogP contribution is 2.27. The van der Waals surface area contributed by atoms with E-state index in [1.807, 2.05) is 0 Å². The summed E-state index contributed by atoms with van der Waals surface area (Å²) in [7, 11) is 0. The average molecular weight is 417 g/mol. The van der Waals surface area contributed by atoms with Crippen molar-refractivity contribution in [3.8, 4) is 0 Å². The first-order chi connectivity index (χ1) is 15.9. The molecule has 2 aliphatic rings. The molecule has 0 heteroatoms. The van der Waals surface area contributed by atoms with Gasteiger partial charge in [-0.05, 0) is 70.2 Å². The standard InChI is InChI=1S/2C14H12.2C2H4/c2*1-2-6-12-10-14-8-4-3-7-13(14)9-11(12)5-1;2*1-2/h2*1-8H,9-10H2;2*1-2H2. The topological polar surface area (TPSA) is 0 Å². The maximum absolute atomic E-state index is 3.00. The number of hydrogen-bond acceptors (Lipinski definition) is 0. The largest absolute Gasteiger partial charge is 0.106 e. The average Bonchev–Trinajstić information content (AvgIpc) is 2.89. The predicted octanol–water partition coefficient (Wildman–Crippen LogP) is 7.97. The van der Waals surface area contributed by atoms with Gasteiger partial charge in [-0.1, -0.05) is 97.1 Å². The van der Waals surface area contributed by atoms with Gasteiger partial charge in [0.1, 0.15) is 0 Å². The summed E-state index contributed by atoms with van der Waals surface area (Å²) in [6.45, 7) is 12.0. The van der Waals surface area contributed by atoms with E-state index in [4.69, 9.17) is 0 Å². The summed E-state index contributed by atoms with van der Waals surface area (Å²) in [6, 6.07) is 35.0. The Balaban J connectivity index is 0.000000157. The van der Waals surface area contributed by atoms with Gasteiger partial charge in [-0.3, -0.25) is 0 Å². The molecule has 0 aliphatic heterocycles. The summed E-state index contributed by atoms with van der Waals surface area (Å²) in [4.78, 5) is 0. The van der Waals surface area contributed by atoms with Crippen molar-refractivity contribution < 1.29 is 0 Å². The zero-order valence-corrected chi connectivity index (χ0v) is 18.9. The molecule has 0 heterocycles. The van der Waals surface area contributed by atoms with E-state index in [1.165, 1.54) is 44.5 Å². The van der Waals surface area contributed by atoms with Crippen molar-refractivity contribution in [3.63, 3.8) is 0 Å². The van der Waals surface area contributed by atoms with E-state index in [-0.39, 0.29) is 0 Å². The molecule has 160 valence electrons. The SMILES string of the molecule is C=C.C=C.c1ccc2c(c1)Cc1ccccc1C2.c1ccc2c(c1)Cc1ccccc1C2. The molecule has 0 fully saturated rings. The van der Waals surface area contributed by atoms with Crippen molar-refractivity contribution in [2.24, 2.45) is 0 Å². The minimum atomic E-state index is 1.10. The molecule has 0 amide bonds. The van der Waals surface area contributed by atoms with E-state index < -0.39 is 0 Å². The molecule has 0 atom stereocenters. The molecule has 0 N–H and O–H groups in total. The van der Waals surface area contributed by atoms with Crippen LogP contribution in [0.5, 0.6) is 0 Å². The molecule has 0 radical (unpaired) electrons. The minimum absolute atomic E-state index is 1.10. The monoisotopic (exact) mass is 416 g/mol. The minimum Gasteiger partial charge on any atom is -0.106 e. The van der Waals surface area contributed by atoms with Crippen molar-refractivity contribution in [1.29, 1.82) is 0 Å². The van der Waals surface area contributed by atoms with Crippen LogP contribution in [0, 0.1) is 0 Å². The van der Waals surface area contributed by atoms with Gasteiger partial charge in [-0.2, -0.15) is 0 Å². The fraction of sp³-hybridized carbons (Fsp3) is 0.125. The Hall–Kier alpha value is -3.64. The van der Waals surface area contributed by atoms with Crippen LogP contribution in [0.4, 0.5) is 0 Å². The third-order valence-corrected chi connectivity index (χ3v) is 6.00. The number of benzene rings is 4. The van der Waals surface area contributed by atoms with Crippen LogP contribution in [-0.2, 0) is 25.7 Å². The Morgan fingerprint density at radius 1 is 0.281 bits per heavy atom. The van der Waals surface area contributed by atoms with E-state index in [0.717, 1.165) is 25.7 Å². The first-order valence-electron chi connectivity index (χ1n) is 11.1. The lowest BCUT2D eigenvalue weighted by atomic mass is 9.86. The van der Waals surface area contributed by atoms with Gasteiger partial charge in [-0.25, -0.2) is 0 Å². The fourth-order valence-electron chi connectivity index (χ4n) is 4.43. The van der Waals surface area contributed by atoms with Crippen LogP contribution >= 0.6 is 0 Å². The lowest BCUT2D eigenvalue weighted by Crippen LogP contribution is -2.06. The predicted molar refractivity (Wildman–Crippen MR) is 139 cm³/mol. The van der Waals surface area contributed by atoms with E-state index in [1.54, 1.807) is 0 Å². The third kappa shape index (κ3) is 5.34. The van der Waals surface area contributed by atoms with Crippen LogP contribution in [0.2, 0.25) is 0 Å². The van der Waals surface area contributed by atoms with E-state index >= 15 is 0 Å². The number of rotatable bonds is 0. The quantitative estimate of drug-likeness (QED) is 0.220.